The van der Waals surface area contributed by atoms with E-state index in [2.05, 4.69) is 10.6 Å². The highest BCUT2D eigenvalue weighted by atomic mass is 16.4. The number of likely N-dealkylation sites (N-methyl/N-ethyl adjacent to an activating group) is 1. The largest absolute Gasteiger partial charge is 0.481 e. The van der Waals surface area contributed by atoms with Gasteiger partial charge in [0.15, 0.2) is 0 Å². The molecular weight excluding hydrogens is 188 g/mol. The van der Waals surface area contributed by atoms with E-state index in [1.807, 2.05) is 0 Å². The molecule has 6 heteroatoms. The summed E-state index contributed by atoms with van der Waals surface area (Å²) < 4.78 is 0. The Morgan fingerprint density at radius 1 is 1.36 bits per heavy atom. The number of nitrogens with one attached hydrogen (secondary N) is 2. The maximum atomic E-state index is 11.1. The second-order valence-corrected chi connectivity index (χ2v) is 2.69. The molecule has 0 rings (SSSR count). The number of rotatable bonds is 5. The van der Waals surface area contributed by atoms with E-state index in [4.69, 9.17) is 5.11 Å². The topological polar surface area (TPSA) is 95.5 Å². The van der Waals surface area contributed by atoms with Crippen LogP contribution < -0.4 is 10.6 Å². The molecule has 0 radical (unpaired) electrons. The number of carbonyl (C=O) groups is 3. The number of carboxylic acid groups (broad SMARTS) is 1. The van der Waals surface area contributed by atoms with E-state index in [9.17, 15) is 14.4 Å². The van der Waals surface area contributed by atoms with Crippen LogP contribution in [-0.4, -0.2) is 36.0 Å². The van der Waals surface area contributed by atoms with Crippen molar-refractivity contribution in [3.05, 3.63) is 0 Å². The Labute approximate surface area is 81.7 Å². The van der Waals surface area contributed by atoms with Crippen LogP contribution in [0.1, 0.15) is 19.8 Å². The summed E-state index contributed by atoms with van der Waals surface area (Å²) in [7, 11) is 1.38. The average molecular weight is 202 g/mol. The van der Waals surface area contributed by atoms with Gasteiger partial charge in [0.1, 0.15) is 6.04 Å². The van der Waals surface area contributed by atoms with Crippen molar-refractivity contribution in [2.24, 2.45) is 0 Å². The zero-order valence-electron chi connectivity index (χ0n) is 8.16. The van der Waals surface area contributed by atoms with Crippen LogP contribution in [0.15, 0.2) is 0 Å². The summed E-state index contributed by atoms with van der Waals surface area (Å²) in [6.45, 7) is 1.62. The fraction of sp³-hybridized carbons (Fsp3) is 0.625. The smallest absolute Gasteiger partial charge is 0.305 e. The monoisotopic (exact) mass is 202 g/mol. The quantitative estimate of drug-likeness (QED) is 0.538. The predicted octanol–water partition coefficient (Wildman–Crippen LogP) is -0.898. The lowest BCUT2D eigenvalue weighted by atomic mass is 10.2. The zero-order chi connectivity index (χ0) is 11.1. The summed E-state index contributed by atoms with van der Waals surface area (Å²) in [6, 6.07) is -0.995. The van der Waals surface area contributed by atoms with Crippen molar-refractivity contribution < 1.29 is 19.5 Å². The van der Waals surface area contributed by atoms with E-state index in [1.54, 1.807) is 6.92 Å². The summed E-state index contributed by atoms with van der Waals surface area (Å²) in [4.78, 5) is 32.4. The molecule has 0 aliphatic heterocycles. The minimum absolute atomic E-state index is 0.215. The molecule has 0 heterocycles. The third-order valence-corrected chi connectivity index (χ3v) is 1.60. The lowest BCUT2D eigenvalue weighted by molar-refractivity contribution is -0.140. The molecule has 0 saturated heterocycles. The minimum Gasteiger partial charge on any atom is -0.481 e. The number of hydrogen-bond donors (Lipinski definition) is 3. The Morgan fingerprint density at radius 2 is 1.93 bits per heavy atom. The molecule has 1 unspecified atom stereocenters. The molecule has 0 aliphatic carbocycles. The molecule has 0 bridgehead atoms. The van der Waals surface area contributed by atoms with Crippen molar-refractivity contribution in [3.8, 4) is 0 Å². The van der Waals surface area contributed by atoms with Crippen LogP contribution in [0.3, 0.4) is 0 Å². The predicted molar refractivity (Wildman–Crippen MR) is 48.5 cm³/mol. The molecule has 0 aromatic rings. The van der Waals surface area contributed by atoms with E-state index in [0.29, 0.717) is 0 Å². The highest BCUT2D eigenvalue weighted by Crippen LogP contribution is 1.93. The summed E-state index contributed by atoms with van der Waals surface area (Å²) in [5, 5.41) is 13.1. The minimum atomic E-state index is -1.13. The van der Waals surface area contributed by atoms with Crippen molar-refractivity contribution in [1.82, 2.24) is 10.6 Å². The fourth-order valence-corrected chi connectivity index (χ4v) is 0.855. The van der Waals surface area contributed by atoms with Crippen molar-refractivity contribution in [2.45, 2.75) is 25.8 Å². The first-order chi connectivity index (χ1) is 6.51. The van der Waals surface area contributed by atoms with Gasteiger partial charge in [0, 0.05) is 13.5 Å². The number of aliphatic carboxylic acids is 1. The Balaban J connectivity index is 4.31. The van der Waals surface area contributed by atoms with Crippen LogP contribution in [0.5, 0.6) is 0 Å². The Hall–Kier alpha value is -1.59. The standard InChI is InChI=1S/C8H14N2O4/c1-3-6(11)10-5(4-7(12)13)8(14)9-2/h5H,3-4H2,1-2H3,(H,9,14)(H,10,11)(H,12,13). The van der Waals surface area contributed by atoms with Crippen LogP contribution in [0.2, 0.25) is 0 Å². The van der Waals surface area contributed by atoms with Crippen molar-refractivity contribution in [3.63, 3.8) is 0 Å². The molecule has 1 atom stereocenters. The molecule has 14 heavy (non-hydrogen) atoms. The zero-order valence-corrected chi connectivity index (χ0v) is 8.16. The molecule has 0 spiro atoms. The van der Waals surface area contributed by atoms with Crippen LogP contribution in [0.25, 0.3) is 0 Å². The molecule has 3 N–H and O–H groups in total. The van der Waals surface area contributed by atoms with Gasteiger partial charge in [-0.05, 0) is 0 Å². The number of hydrogen-bond acceptors (Lipinski definition) is 3. The molecule has 2 amide bonds. The fourth-order valence-electron chi connectivity index (χ4n) is 0.855. The first kappa shape index (κ1) is 12.4. The normalized spacial score (nSPS) is 11.6. The summed E-state index contributed by atoms with van der Waals surface area (Å²) in [5.41, 5.74) is 0. The molecule has 0 aromatic heterocycles. The Kier molecular flexibility index (Phi) is 5.28. The maximum absolute atomic E-state index is 11.1. The van der Waals surface area contributed by atoms with E-state index in [1.165, 1.54) is 7.05 Å². The summed E-state index contributed by atoms with van der Waals surface area (Å²) in [5.74, 6) is -1.98. The first-order valence-electron chi connectivity index (χ1n) is 4.24. The Bertz CT molecular complexity index is 239. The second kappa shape index (κ2) is 5.95. The van der Waals surface area contributed by atoms with Crippen molar-refractivity contribution >= 4 is 17.8 Å². The number of carbonyl (C=O) groups excluding carboxylic acids is 2. The molecule has 0 aromatic carbocycles. The van der Waals surface area contributed by atoms with Gasteiger partial charge in [0.05, 0.1) is 6.42 Å². The third-order valence-electron chi connectivity index (χ3n) is 1.60. The molecule has 6 nitrogen and oxygen atoms in total. The van der Waals surface area contributed by atoms with Gasteiger partial charge in [-0.15, -0.1) is 0 Å². The molecule has 0 fully saturated rings. The highest BCUT2D eigenvalue weighted by Gasteiger charge is 2.21. The first-order valence-corrected chi connectivity index (χ1v) is 4.24. The highest BCUT2D eigenvalue weighted by molar-refractivity contribution is 5.90. The Morgan fingerprint density at radius 3 is 2.29 bits per heavy atom. The van der Waals surface area contributed by atoms with Gasteiger partial charge in [0.2, 0.25) is 11.8 Å². The maximum Gasteiger partial charge on any atom is 0.305 e. The van der Waals surface area contributed by atoms with Crippen LogP contribution in [0.4, 0.5) is 0 Å². The van der Waals surface area contributed by atoms with Crippen LogP contribution >= 0.6 is 0 Å². The van der Waals surface area contributed by atoms with Crippen molar-refractivity contribution in [2.75, 3.05) is 7.05 Å². The van der Waals surface area contributed by atoms with Gasteiger partial charge in [-0.25, -0.2) is 0 Å². The van der Waals surface area contributed by atoms with Gasteiger partial charge in [-0.2, -0.15) is 0 Å². The van der Waals surface area contributed by atoms with Gasteiger partial charge >= 0.3 is 5.97 Å². The second-order valence-electron chi connectivity index (χ2n) is 2.69. The SMILES string of the molecule is CCC(=O)NC(CC(=O)O)C(=O)NC. The van der Waals surface area contributed by atoms with Crippen LogP contribution in [0, 0.1) is 0 Å². The lowest BCUT2D eigenvalue weighted by Crippen LogP contribution is -2.46. The summed E-state index contributed by atoms with van der Waals surface area (Å²) in [6.07, 6.45) is -0.196. The summed E-state index contributed by atoms with van der Waals surface area (Å²) >= 11 is 0. The number of carboxylic acids is 1. The third kappa shape index (κ3) is 4.44. The van der Waals surface area contributed by atoms with E-state index in [0.717, 1.165) is 0 Å². The van der Waals surface area contributed by atoms with E-state index in [-0.39, 0.29) is 12.3 Å². The lowest BCUT2D eigenvalue weighted by Gasteiger charge is -2.14. The molecule has 0 aliphatic rings. The molecular formula is C8H14N2O4. The van der Waals surface area contributed by atoms with E-state index >= 15 is 0 Å². The van der Waals surface area contributed by atoms with Gasteiger partial charge in [0.25, 0.3) is 0 Å². The van der Waals surface area contributed by atoms with Gasteiger partial charge in [-0.3, -0.25) is 14.4 Å². The molecule has 80 valence electrons. The van der Waals surface area contributed by atoms with E-state index < -0.39 is 24.3 Å². The van der Waals surface area contributed by atoms with Crippen LogP contribution in [-0.2, 0) is 14.4 Å². The molecule has 0 saturated carbocycles. The number of amides is 2. The van der Waals surface area contributed by atoms with Gasteiger partial charge < -0.3 is 15.7 Å². The average Bonchev–Trinajstić information content (AvgIpc) is 2.14. The van der Waals surface area contributed by atoms with Gasteiger partial charge in [-0.1, -0.05) is 6.92 Å². The van der Waals surface area contributed by atoms with Crippen molar-refractivity contribution in [1.29, 1.82) is 0 Å².